The maximum absolute atomic E-state index is 13.9. The van der Waals surface area contributed by atoms with Gasteiger partial charge in [-0.15, -0.1) is 0 Å². The van der Waals surface area contributed by atoms with Gasteiger partial charge in [0, 0.05) is 19.3 Å². The predicted octanol–water partition coefficient (Wildman–Crippen LogP) is 13.7. The summed E-state index contributed by atoms with van der Waals surface area (Å²) in [7, 11) is 0. The Kier molecular flexibility index (Phi) is 44.5. The molecule has 0 saturated carbocycles. The molecular weight excluding hydrogens is 1020 g/mol. The van der Waals surface area contributed by atoms with Gasteiger partial charge in [-0.05, 0) is 116 Å². The summed E-state index contributed by atoms with van der Waals surface area (Å²) in [6.07, 6.45) is 46.7. The minimum Gasteiger partial charge on any atom is -0.460 e. The smallest absolute Gasteiger partial charge is 0.306 e. The molecule has 2 heterocycles. The third-order valence-corrected chi connectivity index (χ3v) is 14.7. The molecule has 2 fully saturated rings. The van der Waals surface area contributed by atoms with Crippen molar-refractivity contribution in [2.75, 3.05) is 19.8 Å². The van der Waals surface area contributed by atoms with Crippen LogP contribution in [0.2, 0.25) is 0 Å². The minimum atomic E-state index is -2.35. The van der Waals surface area contributed by atoms with Crippen LogP contribution in [0.4, 0.5) is 0 Å². The molecule has 9 atom stereocenters. The number of aliphatic hydroxyl groups is 5. The highest BCUT2D eigenvalue weighted by atomic mass is 16.8. The van der Waals surface area contributed by atoms with E-state index in [1.807, 2.05) is 0 Å². The Morgan fingerprint density at radius 3 is 1.19 bits per heavy atom. The van der Waals surface area contributed by atoms with E-state index in [2.05, 4.69) is 93.7 Å². The number of carbonyl (C=O) groups excluding carboxylic acids is 3. The molecule has 0 aromatic rings. The maximum Gasteiger partial charge on any atom is 0.306 e. The van der Waals surface area contributed by atoms with E-state index < -0.39 is 92.5 Å². The highest BCUT2D eigenvalue weighted by Gasteiger charge is 2.63. The van der Waals surface area contributed by atoms with Crippen LogP contribution in [0.15, 0.2) is 72.9 Å². The molecule has 5 N–H and O–H groups in total. The predicted molar refractivity (Wildman–Crippen MR) is 318 cm³/mol. The van der Waals surface area contributed by atoms with Gasteiger partial charge in [0.25, 0.3) is 0 Å². The third kappa shape index (κ3) is 33.6. The second-order valence-corrected chi connectivity index (χ2v) is 21.9. The van der Waals surface area contributed by atoms with E-state index in [0.717, 1.165) is 135 Å². The van der Waals surface area contributed by atoms with Crippen molar-refractivity contribution in [2.45, 2.75) is 307 Å². The van der Waals surface area contributed by atoms with Crippen molar-refractivity contribution < 1.29 is 68.3 Å². The van der Waals surface area contributed by atoms with Gasteiger partial charge in [0.05, 0.1) is 13.2 Å². The Labute approximate surface area is 483 Å². The maximum atomic E-state index is 13.9. The summed E-state index contributed by atoms with van der Waals surface area (Å²) >= 11 is 0. The first kappa shape index (κ1) is 72.6. The Hall–Kier alpha value is -3.47. The topological polar surface area (TPSA) is 208 Å². The van der Waals surface area contributed by atoms with Gasteiger partial charge in [-0.25, -0.2) is 0 Å². The Morgan fingerprint density at radius 1 is 0.425 bits per heavy atom. The Balaban J connectivity index is 2.15. The summed E-state index contributed by atoms with van der Waals surface area (Å²) in [5.74, 6) is -4.28. The van der Waals surface area contributed by atoms with Crippen molar-refractivity contribution in [1.82, 2.24) is 0 Å². The van der Waals surface area contributed by atoms with Crippen LogP contribution in [0.5, 0.6) is 0 Å². The van der Waals surface area contributed by atoms with Gasteiger partial charge < -0.3 is 54.0 Å². The zero-order chi connectivity index (χ0) is 58.2. The fourth-order valence-corrected chi connectivity index (χ4v) is 9.78. The van der Waals surface area contributed by atoms with Crippen LogP contribution in [0.25, 0.3) is 0 Å². The van der Waals surface area contributed by atoms with Gasteiger partial charge in [-0.2, -0.15) is 0 Å². The molecule has 80 heavy (non-hydrogen) atoms. The van der Waals surface area contributed by atoms with Gasteiger partial charge in [0.2, 0.25) is 5.79 Å². The van der Waals surface area contributed by atoms with Crippen LogP contribution in [0.1, 0.15) is 252 Å². The molecule has 2 saturated heterocycles. The highest BCUT2D eigenvalue weighted by molar-refractivity contribution is 5.71. The van der Waals surface area contributed by atoms with Gasteiger partial charge in [-0.1, -0.05) is 190 Å². The Morgan fingerprint density at radius 2 is 0.787 bits per heavy atom. The average molecular weight is 1130 g/mol. The van der Waals surface area contributed by atoms with Crippen LogP contribution in [-0.4, -0.2) is 118 Å². The molecule has 0 aromatic heterocycles. The van der Waals surface area contributed by atoms with Crippen molar-refractivity contribution in [3.05, 3.63) is 72.9 Å². The van der Waals surface area contributed by atoms with E-state index in [-0.39, 0.29) is 19.3 Å². The first-order chi connectivity index (χ1) is 39.1. The number of esters is 3. The van der Waals surface area contributed by atoms with E-state index in [0.29, 0.717) is 19.3 Å². The SMILES string of the molecule is CCCCCC=CCC=CCCCCCCCC(=O)OC[C@@]1(O[C@H]2O[C@H](CO)[C@@H](O)[C@H](O)[C@H]2O)O[C@H](CO)[C@@H](OC(=O)CCCCCCCC=CCC=CCCCCC)[C@@H]1OC(=O)CCCCCCCC=CCC=CCCCCC. The molecule has 14 heteroatoms. The number of aliphatic hydroxyl groups excluding tert-OH is 5. The van der Waals surface area contributed by atoms with Crippen molar-refractivity contribution in [1.29, 1.82) is 0 Å². The number of ether oxygens (including phenoxy) is 6. The van der Waals surface area contributed by atoms with E-state index in [4.69, 9.17) is 28.4 Å². The second-order valence-electron chi connectivity index (χ2n) is 21.9. The molecule has 0 spiro atoms. The summed E-state index contributed by atoms with van der Waals surface area (Å²) in [5.41, 5.74) is 0. The standard InChI is InChI=1S/C66H112O14/c1-4-7-10-13-16-19-22-25-28-31-34-37-40-43-46-49-57(69)75-54-66(80-65-62(74)61(73)60(72)55(52-67)76-65)64(78-59(71)51-48-45-42-39-36-33-30-27-24-21-18-15-12-9-6-3)63(56(53-68)79-66)77-58(70)50-47-44-41-38-35-32-29-26-23-20-17-14-11-8-5-2/h16-21,25-30,55-56,60-65,67-68,72-74H,4-15,22-24,31-54H2,1-3H3/t55-,56-,60-,61+,62-,63-,64+,65-,66+/m1/s1. The summed E-state index contributed by atoms with van der Waals surface area (Å²) in [4.78, 5) is 41.0. The van der Waals surface area contributed by atoms with Crippen LogP contribution < -0.4 is 0 Å². The average Bonchev–Trinajstić information content (AvgIpc) is 3.99. The van der Waals surface area contributed by atoms with Gasteiger partial charge in [0.15, 0.2) is 18.5 Å². The van der Waals surface area contributed by atoms with Crippen molar-refractivity contribution >= 4 is 17.9 Å². The van der Waals surface area contributed by atoms with Crippen molar-refractivity contribution in [3.8, 4) is 0 Å². The molecule has 0 aromatic carbocycles. The number of unbranched alkanes of at least 4 members (excludes halogenated alkanes) is 24. The van der Waals surface area contributed by atoms with Crippen LogP contribution in [0.3, 0.4) is 0 Å². The molecule has 0 aliphatic carbocycles. The van der Waals surface area contributed by atoms with E-state index in [1.165, 1.54) is 57.8 Å². The zero-order valence-electron chi connectivity index (χ0n) is 50.0. The zero-order valence-corrected chi connectivity index (χ0v) is 50.0. The number of rotatable bonds is 50. The molecule has 0 radical (unpaired) electrons. The monoisotopic (exact) mass is 1130 g/mol. The molecular formula is C66H112O14. The molecule has 0 amide bonds. The second kappa shape index (κ2) is 49.0. The molecule has 0 unspecified atom stereocenters. The molecule has 2 aliphatic rings. The first-order valence-electron chi connectivity index (χ1n) is 31.8. The lowest BCUT2D eigenvalue weighted by Gasteiger charge is -2.43. The lowest BCUT2D eigenvalue weighted by molar-refractivity contribution is -0.384. The van der Waals surface area contributed by atoms with Gasteiger partial charge >= 0.3 is 17.9 Å². The largest absolute Gasteiger partial charge is 0.460 e. The molecule has 2 aliphatic heterocycles. The number of carbonyl (C=O) groups is 3. The van der Waals surface area contributed by atoms with E-state index >= 15 is 0 Å². The van der Waals surface area contributed by atoms with Gasteiger partial charge in [0.1, 0.15) is 37.1 Å². The third-order valence-electron chi connectivity index (χ3n) is 14.7. The van der Waals surface area contributed by atoms with E-state index in [1.54, 1.807) is 0 Å². The van der Waals surface area contributed by atoms with Crippen LogP contribution in [-0.2, 0) is 42.8 Å². The fourth-order valence-electron chi connectivity index (χ4n) is 9.78. The van der Waals surface area contributed by atoms with Crippen molar-refractivity contribution in [2.24, 2.45) is 0 Å². The first-order valence-corrected chi connectivity index (χ1v) is 31.8. The summed E-state index contributed by atoms with van der Waals surface area (Å²) < 4.78 is 36.3. The lowest BCUT2D eigenvalue weighted by atomic mass is 9.98. The van der Waals surface area contributed by atoms with Crippen molar-refractivity contribution in [3.63, 3.8) is 0 Å². The summed E-state index contributed by atoms with van der Waals surface area (Å²) in [6.45, 7) is 4.38. The highest BCUT2D eigenvalue weighted by Crippen LogP contribution is 2.40. The lowest BCUT2D eigenvalue weighted by Crippen LogP contribution is -2.63. The molecule has 14 nitrogen and oxygen atoms in total. The van der Waals surface area contributed by atoms with E-state index in [9.17, 15) is 39.9 Å². The van der Waals surface area contributed by atoms with Crippen LogP contribution >= 0.6 is 0 Å². The van der Waals surface area contributed by atoms with Crippen LogP contribution in [0, 0.1) is 0 Å². The normalized spacial score (nSPS) is 23.6. The molecule has 2 rings (SSSR count). The fraction of sp³-hybridized carbons (Fsp3) is 0.773. The number of allylic oxidation sites excluding steroid dienone is 12. The number of hydrogen-bond donors (Lipinski definition) is 5. The minimum absolute atomic E-state index is 0.0137. The quantitative estimate of drug-likeness (QED) is 0.0166. The molecule has 0 bridgehead atoms. The number of hydrogen-bond acceptors (Lipinski definition) is 14. The summed E-state index contributed by atoms with van der Waals surface area (Å²) in [6, 6.07) is 0. The Bertz CT molecular complexity index is 1720. The summed E-state index contributed by atoms with van der Waals surface area (Å²) in [5, 5.41) is 53.4. The molecule has 460 valence electrons. The van der Waals surface area contributed by atoms with Gasteiger partial charge in [-0.3, -0.25) is 14.4 Å².